The monoisotopic (exact) mass is 477 g/mol. The van der Waals surface area contributed by atoms with Crippen LogP contribution in [0.25, 0.3) is 0 Å². The lowest BCUT2D eigenvalue weighted by molar-refractivity contribution is 0.0938. The minimum Gasteiger partial charge on any atom is -0.350 e. The lowest BCUT2D eigenvalue weighted by atomic mass is 10.1. The minimum atomic E-state index is -3.00. The third-order valence-electron chi connectivity index (χ3n) is 5.37. The number of thioether (sulfide) groups is 1. The van der Waals surface area contributed by atoms with Crippen molar-refractivity contribution in [3.63, 3.8) is 0 Å². The van der Waals surface area contributed by atoms with E-state index in [0.717, 1.165) is 12.8 Å². The predicted molar refractivity (Wildman–Crippen MR) is 128 cm³/mol. The fourth-order valence-electron chi connectivity index (χ4n) is 3.70. The third kappa shape index (κ3) is 5.61. The Bertz CT molecular complexity index is 1110. The molecule has 2 aromatic carbocycles. The van der Waals surface area contributed by atoms with Crippen molar-refractivity contribution in [2.75, 3.05) is 16.8 Å². The number of anilines is 1. The molecule has 6 nitrogen and oxygen atoms in total. The topological polar surface area (TPSA) is 87.6 Å². The molecule has 0 aliphatic carbocycles. The van der Waals surface area contributed by atoms with Gasteiger partial charge in [0.15, 0.2) is 15.0 Å². The second-order valence-electron chi connectivity index (χ2n) is 7.95. The zero-order valence-corrected chi connectivity index (χ0v) is 19.4. The minimum absolute atomic E-state index is 0.0240. The fraction of sp³-hybridized carbons (Fsp3) is 0.364. The molecular weight excluding hydrogens is 454 g/mol. The van der Waals surface area contributed by atoms with Crippen LogP contribution in [0.3, 0.4) is 0 Å². The van der Waals surface area contributed by atoms with Crippen molar-refractivity contribution in [3.8, 4) is 0 Å². The fourth-order valence-corrected chi connectivity index (χ4v) is 7.53. The molecule has 164 valence electrons. The van der Waals surface area contributed by atoms with Crippen LogP contribution in [0.2, 0.25) is 5.02 Å². The maximum absolute atomic E-state index is 12.7. The van der Waals surface area contributed by atoms with Gasteiger partial charge >= 0.3 is 0 Å². The van der Waals surface area contributed by atoms with Crippen LogP contribution in [0.4, 0.5) is 5.69 Å². The summed E-state index contributed by atoms with van der Waals surface area (Å²) in [6.07, 6.45) is 1.73. The van der Waals surface area contributed by atoms with E-state index in [1.807, 2.05) is 25.1 Å². The number of aliphatic imine (C=N–C) groups is 1. The molecule has 1 fully saturated rings. The van der Waals surface area contributed by atoms with E-state index in [1.54, 1.807) is 18.2 Å². The van der Waals surface area contributed by atoms with Crippen molar-refractivity contribution in [3.05, 3.63) is 64.7 Å². The van der Waals surface area contributed by atoms with E-state index in [0.29, 0.717) is 21.4 Å². The van der Waals surface area contributed by atoms with Crippen molar-refractivity contribution >= 4 is 50.0 Å². The first-order valence-corrected chi connectivity index (χ1v) is 13.2. The van der Waals surface area contributed by atoms with Crippen LogP contribution in [-0.4, -0.2) is 48.3 Å². The highest BCUT2D eigenvalue weighted by Gasteiger charge is 2.42. The van der Waals surface area contributed by atoms with Gasteiger partial charge in [0.25, 0.3) is 5.91 Å². The molecular formula is C22H24ClN3O3S2. The highest BCUT2D eigenvalue weighted by Crippen LogP contribution is 2.35. The maximum atomic E-state index is 12.7. The summed E-state index contributed by atoms with van der Waals surface area (Å²) in [4.78, 5) is 17.2. The van der Waals surface area contributed by atoms with Crippen LogP contribution in [-0.2, 0) is 16.3 Å². The van der Waals surface area contributed by atoms with Gasteiger partial charge in [-0.05, 0) is 43.5 Å². The number of nitrogens with zero attached hydrogens (tertiary/aromatic N) is 1. The number of amidine groups is 1. The average Bonchev–Trinajstić information content (AvgIpc) is 3.21. The number of amides is 1. The number of benzene rings is 2. The highest BCUT2D eigenvalue weighted by atomic mass is 35.5. The van der Waals surface area contributed by atoms with Crippen molar-refractivity contribution < 1.29 is 13.2 Å². The average molecular weight is 478 g/mol. The summed E-state index contributed by atoms with van der Waals surface area (Å²) >= 11 is 7.73. The van der Waals surface area contributed by atoms with Crippen LogP contribution in [0.5, 0.6) is 0 Å². The zero-order chi connectivity index (χ0) is 22.0. The number of aryl methyl sites for hydroxylation is 1. The molecule has 2 heterocycles. The van der Waals surface area contributed by atoms with Crippen molar-refractivity contribution in [2.24, 2.45) is 4.99 Å². The van der Waals surface area contributed by atoms with Crippen molar-refractivity contribution in [1.29, 1.82) is 0 Å². The first-order valence-electron chi connectivity index (χ1n) is 10.2. The van der Waals surface area contributed by atoms with Crippen LogP contribution >= 0.6 is 23.4 Å². The number of nitrogens with one attached hydrogen (secondary N) is 2. The largest absolute Gasteiger partial charge is 0.350 e. The van der Waals surface area contributed by atoms with E-state index in [4.69, 9.17) is 11.6 Å². The Morgan fingerprint density at radius 3 is 2.74 bits per heavy atom. The summed E-state index contributed by atoms with van der Waals surface area (Å²) in [7, 11) is -3.00. The Morgan fingerprint density at radius 1 is 1.23 bits per heavy atom. The standard InChI is InChI=1S/C22H24ClN3O3S2/c1-14(7-8-15-5-3-2-4-6-15)24-21(27)16-9-10-17(23)18(11-16)25-22-26-19-12-31(28,29)13-20(19)30-22/h2-6,9-11,14,19-20H,7-8,12-13H2,1H3,(H,24,27)(H,25,26)/t14?,19-,20+/m1/s1. The molecule has 1 unspecified atom stereocenters. The number of carbonyl (C=O) groups excluding carboxylic acids is 1. The summed E-state index contributed by atoms with van der Waals surface area (Å²) in [6, 6.07) is 15.1. The molecule has 2 aliphatic rings. The first kappa shape index (κ1) is 22.2. The zero-order valence-electron chi connectivity index (χ0n) is 17.0. The van der Waals surface area contributed by atoms with Crippen molar-refractivity contribution in [1.82, 2.24) is 5.32 Å². The SMILES string of the molecule is CC(CCc1ccccc1)NC(=O)c1ccc(Cl)c(NC2=N[C@@H]3CS(=O)(=O)C[C@@H]3S2)c1. The summed E-state index contributed by atoms with van der Waals surface area (Å²) in [6.45, 7) is 1.99. The van der Waals surface area contributed by atoms with E-state index in [2.05, 4.69) is 27.8 Å². The van der Waals surface area contributed by atoms with Gasteiger partial charge in [-0.2, -0.15) is 0 Å². The van der Waals surface area contributed by atoms with Gasteiger partial charge in [0.05, 0.1) is 28.3 Å². The quantitative estimate of drug-likeness (QED) is 0.661. The maximum Gasteiger partial charge on any atom is 0.251 e. The van der Waals surface area contributed by atoms with E-state index in [-0.39, 0.29) is 34.7 Å². The second kappa shape index (κ2) is 9.22. The van der Waals surface area contributed by atoms with E-state index >= 15 is 0 Å². The molecule has 9 heteroatoms. The first-order chi connectivity index (χ1) is 14.8. The summed E-state index contributed by atoms with van der Waals surface area (Å²) < 4.78 is 23.5. The molecule has 4 rings (SSSR count). The van der Waals surface area contributed by atoms with Crippen LogP contribution in [0.15, 0.2) is 53.5 Å². The Labute approximate surface area is 191 Å². The van der Waals surface area contributed by atoms with Gasteiger partial charge in [0.1, 0.15) is 0 Å². The lowest BCUT2D eigenvalue weighted by Gasteiger charge is -2.15. The molecule has 1 amide bonds. The molecule has 31 heavy (non-hydrogen) atoms. The number of carbonyl (C=O) groups is 1. The van der Waals surface area contributed by atoms with Gasteiger partial charge in [-0.1, -0.05) is 53.7 Å². The molecule has 0 radical (unpaired) electrons. The Kier molecular flexibility index (Phi) is 6.60. The molecule has 0 bridgehead atoms. The normalized spacial score (nSPS) is 22.5. The Morgan fingerprint density at radius 2 is 2.00 bits per heavy atom. The molecule has 3 atom stereocenters. The predicted octanol–water partition coefficient (Wildman–Crippen LogP) is 3.77. The molecule has 2 aromatic rings. The van der Waals surface area contributed by atoms with Gasteiger partial charge in [0.2, 0.25) is 0 Å². The number of hydrogen-bond donors (Lipinski definition) is 2. The Hall–Kier alpha value is -2.03. The van der Waals surface area contributed by atoms with Gasteiger partial charge in [-0.25, -0.2) is 8.42 Å². The third-order valence-corrected chi connectivity index (χ3v) is 8.85. The highest BCUT2D eigenvalue weighted by molar-refractivity contribution is 8.15. The lowest BCUT2D eigenvalue weighted by Crippen LogP contribution is -2.33. The van der Waals surface area contributed by atoms with Crippen molar-refractivity contribution in [2.45, 2.75) is 37.1 Å². The van der Waals surface area contributed by atoms with Gasteiger partial charge in [-0.15, -0.1) is 0 Å². The number of halogens is 1. The molecule has 1 saturated heterocycles. The summed E-state index contributed by atoms with van der Waals surface area (Å²) in [5, 5.41) is 7.26. The van der Waals surface area contributed by atoms with E-state index < -0.39 is 9.84 Å². The number of sulfone groups is 1. The van der Waals surface area contributed by atoms with Crippen LogP contribution in [0.1, 0.15) is 29.3 Å². The van der Waals surface area contributed by atoms with E-state index in [9.17, 15) is 13.2 Å². The van der Waals surface area contributed by atoms with Gasteiger partial charge < -0.3 is 10.6 Å². The molecule has 2 N–H and O–H groups in total. The van der Waals surface area contributed by atoms with Gasteiger partial charge in [0, 0.05) is 16.9 Å². The smallest absolute Gasteiger partial charge is 0.251 e. The molecule has 0 spiro atoms. The summed E-state index contributed by atoms with van der Waals surface area (Å²) in [5.74, 6) is 0.0743. The molecule has 0 aromatic heterocycles. The van der Waals surface area contributed by atoms with Crippen LogP contribution < -0.4 is 10.6 Å². The number of rotatable bonds is 6. The van der Waals surface area contributed by atoms with Crippen LogP contribution in [0, 0.1) is 0 Å². The Balaban J connectivity index is 1.36. The van der Waals surface area contributed by atoms with Gasteiger partial charge in [-0.3, -0.25) is 9.79 Å². The second-order valence-corrected chi connectivity index (χ2v) is 11.7. The summed E-state index contributed by atoms with van der Waals surface area (Å²) in [5.41, 5.74) is 2.33. The molecule has 0 saturated carbocycles. The number of hydrogen-bond acceptors (Lipinski definition) is 6. The van der Waals surface area contributed by atoms with E-state index in [1.165, 1.54) is 17.3 Å². The number of fused-ring (bicyclic) bond motifs is 1. The molecule has 2 aliphatic heterocycles.